The molecule has 0 radical (unpaired) electrons. The average Bonchev–Trinajstić information content (AvgIpc) is 3.15. The molecule has 0 aliphatic rings. The number of anilines is 1. The van der Waals surface area contributed by atoms with Crippen molar-refractivity contribution < 1.29 is 14.3 Å². The summed E-state index contributed by atoms with van der Waals surface area (Å²) in [4.78, 5) is 24.7. The third-order valence-corrected chi connectivity index (χ3v) is 5.76. The summed E-state index contributed by atoms with van der Waals surface area (Å²) < 4.78 is 7.14. The molecule has 3 rings (SSSR count). The molecule has 1 heterocycles. The van der Waals surface area contributed by atoms with Gasteiger partial charge in [-0.15, -0.1) is 16.8 Å². The number of hydrogen-bond donors (Lipinski definition) is 1. The van der Waals surface area contributed by atoms with Gasteiger partial charge in [-0.2, -0.15) is 0 Å². The fraction of sp³-hybridized carbons (Fsp3) is 0.250. The molecule has 1 amide bonds. The maximum atomic E-state index is 12.6. The lowest BCUT2D eigenvalue weighted by molar-refractivity contribution is -0.113. The molecule has 1 N–H and O–H groups in total. The summed E-state index contributed by atoms with van der Waals surface area (Å²) in [6.07, 6.45) is 2.15. The van der Waals surface area contributed by atoms with Crippen LogP contribution in [0.2, 0.25) is 5.02 Å². The van der Waals surface area contributed by atoms with E-state index in [1.807, 2.05) is 34.9 Å². The molecule has 0 bridgehead atoms. The Morgan fingerprint density at radius 1 is 1.21 bits per heavy atom. The number of aromatic nitrogens is 3. The van der Waals surface area contributed by atoms with Crippen molar-refractivity contribution >= 4 is 40.9 Å². The second-order valence-corrected chi connectivity index (χ2v) is 8.80. The number of esters is 1. The van der Waals surface area contributed by atoms with Gasteiger partial charge in [-0.05, 0) is 37.6 Å². The van der Waals surface area contributed by atoms with Gasteiger partial charge < -0.3 is 14.6 Å². The van der Waals surface area contributed by atoms with Crippen LogP contribution in [0.3, 0.4) is 0 Å². The van der Waals surface area contributed by atoms with Gasteiger partial charge in [0.05, 0.1) is 28.1 Å². The summed E-state index contributed by atoms with van der Waals surface area (Å²) in [7, 11) is 0. The van der Waals surface area contributed by atoms with Crippen LogP contribution in [0.4, 0.5) is 5.69 Å². The van der Waals surface area contributed by atoms with Gasteiger partial charge in [0.25, 0.3) is 0 Å². The Bertz CT molecular complexity index is 1130. The molecular weight excluding hydrogens is 460 g/mol. The van der Waals surface area contributed by atoms with Crippen molar-refractivity contribution in [2.24, 2.45) is 0 Å². The fourth-order valence-electron chi connectivity index (χ4n) is 2.99. The quantitative estimate of drug-likeness (QED) is 0.247. The van der Waals surface area contributed by atoms with E-state index in [1.165, 1.54) is 17.8 Å². The Morgan fingerprint density at radius 3 is 2.67 bits per heavy atom. The smallest absolute Gasteiger partial charge is 0.338 e. The molecule has 0 saturated carbocycles. The van der Waals surface area contributed by atoms with Crippen LogP contribution in [0.1, 0.15) is 35.6 Å². The third kappa shape index (κ3) is 6.94. The largest absolute Gasteiger partial charge is 0.459 e. The first-order chi connectivity index (χ1) is 15.9. The molecule has 0 aliphatic carbocycles. The zero-order chi connectivity index (χ0) is 23.8. The maximum Gasteiger partial charge on any atom is 0.338 e. The van der Waals surface area contributed by atoms with Gasteiger partial charge in [0.2, 0.25) is 5.91 Å². The Morgan fingerprint density at radius 2 is 1.97 bits per heavy atom. The highest BCUT2D eigenvalue weighted by Crippen LogP contribution is 2.25. The molecule has 0 saturated heterocycles. The Balaban J connectivity index is 1.66. The number of rotatable bonds is 10. The lowest BCUT2D eigenvalue weighted by Crippen LogP contribution is -2.16. The molecule has 9 heteroatoms. The van der Waals surface area contributed by atoms with Crippen LogP contribution in [-0.2, 0) is 22.5 Å². The van der Waals surface area contributed by atoms with E-state index in [1.54, 1.807) is 32.1 Å². The molecule has 0 atom stereocenters. The van der Waals surface area contributed by atoms with Crippen molar-refractivity contribution in [2.45, 2.75) is 38.1 Å². The highest BCUT2D eigenvalue weighted by atomic mass is 35.5. The number of hydrogen-bond acceptors (Lipinski definition) is 6. The summed E-state index contributed by atoms with van der Waals surface area (Å²) in [6, 6.07) is 14.6. The number of nitrogens with zero attached hydrogens (tertiary/aromatic N) is 3. The van der Waals surface area contributed by atoms with Crippen LogP contribution < -0.4 is 5.32 Å². The van der Waals surface area contributed by atoms with Gasteiger partial charge in [-0.3, -0.25) is 4.79 Å². The van der Waals surface area contributed by atoms with E-state index in [9.17, 15) is 9.59 Å². The minimum Gasteiger partial charge on any atom is -0.459 e. The van der Waals surface area contributed by atoms with E-state index in [4.69, 9.17) is 16.3 Å². The molecule has 0 fully saturated rings. The van der Waals surface area contributed by atoms with Gasteiger partial charge in [-0.1, -0.05) is 59.8 Å². The highest BCUT2D eigenvalue weighted by Gasteiger charge is 2.16. The minimum absolute atomic E-state index is 0.0949. The predicted molar refractivity (Wildman–Crippen MR) is 131 cm³/mol. The van der Waals surface area contributed by atoms with Gasteiger partial charge in [-0.25, -0.2) is 4.79 Å². The van der Waals surface area contributed by atoms with Crippen molar-refractivity contribution in [1.29, 1.82) is 0 Å². The molecule has 0 unspecified atom stereocenters. The van der Waals surface area contributed by atoms with Crippen molar-refractivity contribution in [3.63, 3.8) is 0 Å². The number of ether oxygens (including phenoxy) is 1. The second kappa shape index (κ2) is 11.7. The number of thioether (sulfide) groups is 1. The molecular formula is C24H25ClN4O3S. The number of amides is 1. The minimum atomic E-state index is -0.477. The lowest BCUT2D eigenvalue weighted by atomic mass is 10.1. The van der Waals surface area contributed by atoms with E-state index < -0.39 is 5.97 Å². The van der Waals surface area contributed by atoms with Gasteiger partial charge in [0, 0.05) is 13.0 Å². The normalized spacial score (nSPS) is 10.8. The Kier molecular flexibility index (Phi) is 8.68. The van der Waals surface area contributed by atoms with Gasteiger partial charge >= 0.3 is 5.97 Å². The first-order valence-electron chi connectivity index (χ1n) is 10.4. The summed E-state index contributed by atoms with van der Waals surface area (Å²) in [6.45, 7) is 7.88. The first kappa shape index (κ1) is 24.5. The molecule has 0 aliphatic heterocycles. The van der Waals surface area contributed by atoms with Crippen molar-refractivity contribution in [3.05, 3.63) is 83.2 Å². The van der Waals surface area contributed by atoms with Crippen LogP contribution in [0, 0.1) is 0 Å². The molecule has 3 aromatic rings. The predicted octanol–water partition coefficient (Wildman–Crippen LogP) is 5.00. The fourth-order valence-corrected chi connectivity index (χ4v) is 3.93. The van der Waals surface area contributed by atoms with Crippen LogP contribution in [0.5, 0.6) is 0 Å². The Hall–Kier alpha value is -3.10. The summed E-state index contributed by atoms with van der Waals surface area (Å²) in [5.41, 5.74) is 1.78. The number of allylic oxidation sites excluding steroid dienone is 1. The van der Waals surface area contributed by atoms with Crippen LogP contribution in [-0.4, -0.2) is 38.5 Å². The highest BCUT2D eigenvalue weighted by molar-refractivity contribution is 7.99. The molecule has 33 heavy (non-hydrogen) atoms. The average molecular weight is 485 g/mol. The van der Waals surface area contributed by atoms with E-state index in [0.717, 1.165) is 11.4 Å². The number of nitrogens with one attached hydrogen (secondary N) is 1. The zero-order valence-corrected chi connectivity index (χ0v) is 20.0. The Labute approximate surface area is 202 Å². The zero-order valence-electron chi connectivity index (χ0n) is 18.5. The first-order valence-corrected chi connectivity index (χ1v) is 11.7. The van der Waals surface area contributed by atoms with Gasteiger partial charge in [0.15, 0.2) is 5.16 Å². The molecule has 2 aromatic carbocycles. The molecule has 172 valence electrons. The molecule has 0 spiro atoms. The van der Waals surface area contributed by atoms with Crippen LogP contribution in [0.25, 0.3) is 0 Å². The van der Waals surface area contributed by atoms with E-state index >= 15 is 0 Å². The number of halogens is 1. The monoisotopic (exact) mass is 484 g/mol. The van der Waals surface area contributed by atoms with Gasteiger partial charge in [0.1, 0.15) is 5.82 Å². The maximum absolute atomic E-state index is 12.6. The number of benzene rings is 2. The number of carbonyl (C=O) groups excluding carboxylic acids is 2. The lowest BCUT2D eigenvalue weighted by Gasteiger charge is -2.11. The van der Waals surface area contributed by atoms with Crippen molar-refractivity contribution in [3.8, 4) is 0 Å². The number of carbonyl (C=O) groups is 2. The summed E-state index contributed by atoms with van der Waals surface area (Å²) in [5.74, 6) is 0.130. The summed E-state index contributed by atoms with van der Waals surface area (Å²) in [5, 5.41) is 12.3. The molecule has 1 aromatic heterocycles. The van der Waals surface area contributed by atoms with Crippen molar-refractivity contribution in [2.75, 3.05) is 11.1 Å². The second-order valence-electron chi connectivity index (χ2n) is 7.45. The summed E-state index contributed by atoms with van der Waals surface area (Å²) >= 11 is 7.47. The van der Waals surface area contributed by atoms with Crippen LogP contribution in [0.15, 0.2) is 66.3 Å². The third-order valence-electron chi connectivity index (χ3n) is 4.46. The van der Waals surface area contributed by atoms with E-state index in [0.29, 0.717) is 34.4 Å². The van der Waals surface area contributed by atoms with E-state index in [-0.39, 0.29) is 17.8 Å². The SMILES string of the molecule is C=CCn1c(Cc2ccccc2)nnc1SCC(=O)Nc1cc(C(=O)OC(C)C)ccc1Cl. The topological polar surface area (TPSA) is 86.1 Å². The molecule has 7 nitrogen and oxygen atoms in total. The van der Waals surface area contributed by atoms with Crippen LogP contribution >= 0.6 is 23.4 Å². The standard InChI is InChI=1S/C24H25ClN4O3S/c1-4-12-29-21(13-17-8-6-5-7-9-17)27-28-24(29)33-15-22(30)26-20-14-18(10-11-19(20)25)23(31)32-16(2)3/h4-11,14,16H,1,12-13,15H2,2-3H3,(H,26,30). The van der Waals surface area contributed by atoms with Crippen molar-refractivity contribution in [1.82, 2.24) is 14.8 Å². The van der Waals surface area contributed by atoms with E-state index in [2.05, 4.69) is 22.1 Å².